The summed E-state index contributed by atoms with van der Waals surface area (Å²) in [5, 5.41) is 4.45. The number of anilines is 1. The van der Waals surface area contributed by atoms with Gasteiger partial charge in [0.25, 0.3) is 0 Å². The zero-order chi connectivity index (χ0) is 12.3. The van der Waals surface area contributed by atoms with Crippen molar-refractivity contribution in [2.75, 3.05) is 5.32 Å². The van der Waals surface area contributed by atoms with Crippen LogP contribution in [0.1, 0.15) is 5.56 Å². The van der Waals surface area contributed by atoms with Gasteiger partial charge >= 0.3 is 0 Å². The van der Waals surface area contributed by atoms with E-state index in [1.165, 1.54) is 0 Å². The van der Waals surface area contributed by atoms with Gasteiger partial charge < -0.3 is 5.32 Å². The van der Waals surface area contributed by atoms with Gasteiger partial charge in [-0.1, -0.05) is 35.3 Å². The largest absolute Gasteiger partial charge is 0.380 e. The van der Waals surface area contributed by atoms with Crippen LogP contribution in [-0.2, 0) is 6.54 Å². The first-order valence-corrected chi connectivity index (χ1v) is 6.49. The molecule has 0 unspecified atom stereocenters. The van der Waals surface area contributed by atoms with Gasteiger partial charge in [0, 0.05) is 11.6 Å². The molecule has 17 heavy (non-hydrogen) atoms. The highest BCUT2D eigenvalue weighted by Gasteiger charge is 2.00. The predicted molar refractivity (Wildman–Crippen MR) is 75.7 cm³/mol. The van der Waals surface area contributed by atoms with E-state index in [9.17, 15) is 0 Å². The summed E-state index contributed by atoms with van der Waals surface area (Å²) in [6, 6.07) is 9.59. The van der Waals surface area contributed by atoms with Crippen LogP contribution in [-0.4, -0.2) is 4.98 Å². The first-order valence-electron chi connectivity index (χ1n) is 4.94. The summed E-state index contributed by atoms with van der Waals surface area (Å²) in [5.41, 5.74) is 2.07. The lowest BCUT2D eigenvalue weighted by Crippen LogP contribution is -1.99. The molecule has 1 heterocycles. The van der Waals surface area contributed by atoms with Crippen molar-refractivity contribution in [3.8, 4) is 0 Å². The van der Waals surface area contributed by atoms with Crippen molar-refractivity contribution in [3.63, 3.8) is 0 Å². The van der Waals surface area contributed by atoms with E-state index in [2.05, 4.69) is 26.2 Å². The minimum absolute atomic E-state index is 0.460. The van der Waals surface area contributed by atoms with Crippen LogP contribution in [0, 0.1) is 0 Å². The summed E-state index contributed by atoms with van der Waals surface area (Å²) < 4.78 is 0.778. The third-order valence-electron chi connectivity index (χ3n) is 2.21. The number of rotatable bonds is 3. The minimum atomic E-state index is 0.460. The number of benzene rings is 1. The molecule has 0 radical (unpaired) electrons. The highest BCUT2D eigenvalue weighted by Crippen LogP contribution is 2.23. The zero-order valence-corrected chi connectivity index (χ0v) is 11.9. The molecule has 0 aliphatic heterocycles. The van der Waals surface area contributed by atoms with Crippen molar-refractivity contribution < 1.29 is 0 Å². The van der Waals surface area contributed by atoms with Crippen LogP contribution in [0.25, 0.3) is 0 Å². The van der Waals surface area contributed by atoms with Crippen LogP contribution in [0.2, 0.25) is 10.2 Å². The molecule has 1 aromatic heterocycles. The number of halogens is 3. The molecule has 0 saturated carbocycles. The van der Waals surface area contributed by atoms with E-state index in [0.29, 0.717) is 11.7 Å². The molecule has 5 heteroatoms. The van der Waals surface area contributed by atoms with Crippen molar-refractivity contribution in [3.05, 3.63) is 56.7 Å². The van der Waals surface area contributed by atoms with E-state index >= 15 is 0 Å². The molecule has 0 fully saturated rings. The van der Waals surface area contributed by atoms with Crippen molar-refractivity contribution in [1.29, 1.82) is 0 Å². The van der Waals surface area contributed by atoms with Crippen molar-refractivity contribution in [1.82, 2.24) is 4.98 Å². The normalized spacial score (nSPS) is 10.3. The second-order valence-corrected chi connectivity index (χ2v) is 5.13. The quantitative estimate of drug-likeness (QED) is 0.820. The van der Waals surface area contributed by atoms with Crippen LogP contribution in [0.3, 0.4) is 0 Å². The fraction of sp³-hybridized carbons (Fsp3) is 0.0833. The lowest BCUT2D eigenvalue weighted by atomic mass is 10.2. The monoisotopic (exact) mass is 330 g/mol. The van der Waals surface area contributed by atoms with E-state index < -0.39 is 0 Å². The lowest BCUT2D eigenvalue weighted by Gasteiger charge is -2.07. The Balaban J connectivity index is 2.02. The molecule has 1 N–H and O–H groups in total. The highest BCUT2D eigenvalue weighted by molar-refractivity contribution is 9.10. The molecule has 0 aliphatic rings. The Morgan fingerprint density at radius 2 is 1.88 bits per heavy atom. The Labute approximate surface area is 118 Å². The predicted octanol–water partition coefficient (Wildman–Crippen LogP) is 4.76. The van der Waals surface area contributed by atoms with Gasteiger partial charge in [0.2, 0.25) is 0 Å². The molecule has 2 aromatic rings. The summed E-state index contributed by atoms with van der Waals surface area (Å²) in [7, 11) is 0. The number of hydrogen-bond donors (Lipinski definition) is 1. The molecule has 0 spiro atoms. The van der Waals surface area contributed by atoms with Gasteiger partial charge in [-0.2, -0.15) is 0 Å². The Bertz CT molecular complexity index is 514. The number of pyridine rings is 1. The maximum absolute atomic E-state index is 5.82. The molecule has 1 aromatic carbocycles. The fourth-order valence-electron chi connectivity index (χ4n) is 1.32. The molecular formula is C12H9BrCl2N2. The van der Waals surface area contributed by atoms with E-state index in [1.807, 2.05) is 30.3 Å². The molecule has 88 valence electrons. The van der Waals surface area contributed by atoms with Gasteiger partial charge in [-0.3, -0.25) is 0 Å². The fourth-order valence-corrected chi connectivity index (χ4v) is 1.90. The van der Waals surface area contributed by atoms with Crippen LogP contribution in [0.15, 0.2) is 41.0 Å². The standard InChI is InChI=1S/C12H9BrCl2N2/c13-11-5-10(7-17-12(11)15)16-6-8-1-3-9(14)4-2-8/h1-5,7,16H,6H2. The highest BCUT2D eigenvalue weighted by atomic mass is 79.9. The third kappa shape index (κ3) is 3.60. The van der Waals surface area contributed by atoms with E-state index in [4.69, 9.17) is 23.2 Å². The maximum atomic E-state index is 5.82. The van der Waals surface area contributed by atoms with Gasteiger partial charge in [0.15, 0.2) is 0 Å². The first-order chi connectivity index (χ1) is 8.15. The number of hydrogen-bond acceptors (Lipinski definition) is 2. The summed E-state index contributed by atoms with van der Waals surface area (Å²) >= 11 is 15.0. The van der Waals surface area contributed by atoms with E-state index in [-0.39, 0.29) is 0 Å². The molecule has 2 nitrogen and oxygen atoms in total. The van der Waals surface area contributed by atoms with E-state index in [0.717, 1.165) is 20.7 Å². The van der Waals surface area contributed by atoms with Crippen LogP contribution in [0.4, 0.5) is 5.69 Å². The zero-order valence-electron chi connectivity index (χ0n) is 8.75. The second-order valence-electron chi connectivity index (χ2n) is 3.48. The molecule has 0 saturated heterocycles. The van der Waals surface area contributed by atoms with Crippen molar-refractivity contribution >= 4 is 44.8 Å². The van der Waals surface area contributed by atoms with Crippen molar-refractivity contribution in [2.24, 2.45) is 0 Å². The first kappa shape index (κ1) is 12.7. The van der Waals surface area contributed by atoms with Crippen molar-refractivity contribution in [2.45, 2.75) is 6.54 Å². The lowest BCUT2D eigenvalue weighted by molar-refractivity contribution is 1.13. The molecule has 0 atom stereocenters. The summed E-state index contributed by atoms with van der Waals surface area (Å²) in [5.74, 6) is 0. The van der Waals surface area contributed by atoms with Crippen LogP contribution >= 0.6 is 39.1 Å². The van der Waals surface area contributed by atoms with Gasteiger partial charge in [-0.05, 0) is 39.7 Å². The summed E-state index contributed by atoms with van der Waals surface area (Å²) in [6.45, 7) is 0.715. The van der Waals surface area contributed by atoms with Gasteiger partial charge in [-0.15, -0.1) is 0 Å². The molecule has 0 amide bonds. The van der Waals surface area contributed by atoms with Gasteiger partial charge in [0.05, 0.1) is 16.4 Å². The number of nitrogens with one attached hydrogen (secondary N) is 1. The Morgan fingerprint density at radius 3 is 2.53 bits per heavy atom. The SMILES string of the molecule is Clc1ccc(CNc2cnc(Cl)c(Br)c2)cc1. The maximum Gasteiger partial charge on any atom is 0.143 e. The molecule has 0 aliphatic carbocycles. The summed E-state index contributed by atoms with van der Waals surface area (Å²) in [4.78, 5) is 4.04. The third-order valence-corrected chi connectivity index (χ3v) is 3.59. The second kappa shape index (κ2) is 5.71. The van der Waals surface area contributed by atoms with Crippen LogP contribution < -0.4 is 5.32 Å². The average molecular weight is 332 g/mol. The Kier molecular flexibility index (Phi) is 4.26. The molecule has 2 rings (SSSR count). The van der Waals surface area contributed by atoms with Gasteiger partial charge in [0.1, 0.15) is 5.15 Å². The molecular weight excluding hydrogens is 323 g/mol. The van der Waals surface area contributed by atoms with Gasteiger partial charge in [-0.25, -0.2) is 4.98 Å². The Hall–Kier alpha value is -0.770. The van der Waals surface area contributed by atoms with E-state index in [1.54, 1.807) is 6.20 Å². The topological polar surface area (TPSA) is 24.9 Å². The minimum Gasteiger partial charge on any atom is -0.380 e. The summed E-state index contributed by atoms with van der Waals surface area (Å²) in [6.07, 6.45) is 1.70. The number of nitrogens with zero attached hydrogens (tertiary/aromatic N) is 1. The smallest absolute Gasteiger partial charge is 0.143 e. The van der Waals surface area contributed by atoms with Crippen LogP contribution in [0.5, 0.6) is 0 Å². The number of aromatic nitrogens is 1. The average Bonchev–Trinajstić information content (AvgIpc) is 2.33. The Morgan fingerprint density at radius 1 is 1.18 bits per heavy atom. The molecule has 0 bridgehead atoms.